The van der Waals surface area contributed by atoms with Gasteiger partial charge in [0, 0.05) is 17.9 Å². The maximum Gasteiger partial charge on any atom is 0.405 e. The van der Waals surface area contributed by atoms with Gasteiger partial charge in [-0.05, 0) is 23.3 Å². The summed E-state index contributed by atoms with van der Waals surface area (Å²) in [5, 5.41) is 1.40. The molecule has 0 bridgehead atoms. The highest BCUT2D eigenvalue weighted by Crippen LogP contribution is 2.41. The first-order valence-corrected chi connectivity index (χ1v) is 11.1. The van der Waals surface area contributed by atoms with E-state index in [0.717, 1.165) is 18.2 Å². The van der Waals surface area contributed by atoms with Crippen LogP contribution >= 0.6 is 34.8 Å². The Labute approximate surface area is 212 Å². The van der Waals surface area contributed by atoms with E-state index in [-0.39, 0.29) is 32.6 Å². The number of carbonyl (C=O) groups is 2. The van der Waals surface area contributed by atoms with E-state index in [9.17, 15) is 35.9 Å². The van der Waals surface area contributed by atoms with Crippen LogP contribution in [-0.4, -0.2) is 30.6 Å². The van der Waals surface area contributed by atoms with E-state index in [1.54, 1.807) is 5.32 Å². The van der Waals surface area contributed by atoms with Crippen molar-refractivity contribution in [2.75, 3.05) is 6.54 Å². The van der Waals surface area contributed by atoms with Gasteiger partial charge in [-0.1, -0.05) is 78.1 Å². The van der Waals surface area contributed by atoms with Gasteiger partial charge < -0.3 is 5.32 Å². The van der Waals surface area contributed by atoms with Crippen LogP contribution in [0.1, 0.15) is 40.7 Å². The van der Waals surface area contributed by atoms with Crippen LogP contribution in [0, 0.1) is 5.92 Å². The van der Waals surface area contributed by atoms with Crippen molar-refractivity contribution in [1.82, 2.24) is 5.32 Å². The standard InChI is InChI=1S/C23H18Cl3F6NO2/c1-12(21(35)33-11-22(27,28)29)8-19(34)14-5-2-13(3-6-14)4-7-16(23(30,31)32)15-9-17(24)20(26)18(25)10-15/h2-7,9-10,12,16H,8,11H2,1H3,(H,33,35)/b7-4+/t12-,16?/m0/s1. The summed E-state index contributed by atoms with van der Waals surface area (Å²) >= 11 is 17.5. The number of hydrogen-bond donors (Lipinski definition) is 1. The Bertz CT molecular complexity index is 1070. The number of nitrogens with one attached hydrogen (secondary N) is 1. The van der Waals surface area contributed by atoms with Crippen molar-refractivity contribution in [1.29, 1.82) is 0 Å². The summed E-state index contributed by atoms with van der Waals surface area (Å²) in [5.74, 6) is -4.47. The van der Waals surface area contributed by atoms with Crippen LogP contribution in [0.2, 0.25) is 15.1 Å². The maximum absolute atomic E-state index is 13.6. The average Bonchev–Trinajstić information content (AvgIpc) is 2.74. The Kier molecular flexibility index (Phi) is 9.67. The van der Waals surface area contributed by atoms with E-state index < -0.39 is 42.4 Å². The van der Waals surface area contributed by atoms with Gasteiger partial charge in [0.25, 0.3) is 0 Å². The van der Waals surface area contributed by atoms with Crippen LogP contribution in [0.3, 0.4) is 0 Å². The Hall–Kier alpha value is -2.23. The molecule has 2 aromatic rings. The predicted molar refractivity (Wildman–Crippen MR) is 123 cm³/mol. The summed E-state index contributed by atoms with van der Waals surface area (Å²) in [7, 11) is 0. The smallest absolute Gasteiger partial charge is 0.347 e. The lowest BCUT2D eigenvalue weighted by Gasteiger charge is -2.18. The Morgan fingerprint density at radius 1 is 0.971 bits per heavy atom. The molecule has 0 saturated carbocycles. The van der Waals surface area contributed by atoms with Crippen LogP contribution in [0.5, 0.6) is 0 Å². The molecular formula is C23H18Cl3F6NO2. The van der Waals surface area contributed by atoms with Gasteiger partial charge in [0.2, 0.25) is 5.91 Å². The van der Waals surface area contributed by atoms with Crippen LogP contribution in [0.4, 0.5) is 26.3 Å². The highest BCUT2D eigenvalue weighted by molar-refractivity contribution is 6.48. The third kappa shape index (κ3) is 8.74. The zero-order valence-corrected chi connectivity index (χ0v) is 20.2. The van der Waals surface area contributed by atoms with E-state index in [2.05, 4.69) is 0 Å². The fraction of sp³-hybridized carbons (Fsp3) is 0.304. The van der Waals surface area contributed by atoms with Crippen molar-refractivity contribution >= 4 is 52.6 Å². The van der Waals surface area contributed by atoms with Crippen LogP contribution in [0.25, 0.3) is 6.08 Å². The molecule has 0 aliphatic heterocycles. The second-order valence-corrected chi connectivity index (χ2v) is 8.85. The SMILES string of the molecule is C[C@@H](CC(=O)c1ccc(/C=C/C(c2cc(Cl)c(Cl)c(Cl)c2)C(F)(F)F)cc1)C(=O)NCC(F)(F)F. The molecule has 1 unspecified atom stereocenters. The number of benzene rings is 2. The van der Waals surface area contributed by atoms with Gasteiger partial charge in [0.1, 0.15) is 6.54 Å². The molecule has 35 heavy (non-hydrogen) atoms. The summed E-state index contributed by atoms with van der Waals surface area (Å²) in [5.41, 5.74) is 0.289. The highest BCUT2D eigenvalue weighted by Gasteiger charge is 2.39. The van der Waals surface area contributed by atoms with E-state index in [0.29, 0.717) is 5.56 Å². The van der Waals surface area contributed by atoms with Crippen molar-refractivity contribution < 1.29 is 35.9 Å². The lowest BCUT2D eigenvalue weighted by Crippen LogP contribution is -2.37. The third-order valence-electron chi connectivity index (χ3n) is 4.83. The van der Waals surface area contributed by atoms with Crippen LogP contribution < -0.4 is 5.32 Å². The zero-order chi connectivity index (χ0) is 26.6. The lowest BCUT2D eigenvalue weighted by atomic mass is 9.96. The third-order valence-corrected chi connectivity index (χ3v) is 6.03. The average molecular weight is 561 g/mol. The number of amides is 1. The van der Waals surface area contributed by atoms with Crippen molar-refractivity contribution in [2.24, 2.45) is 5.92 Å². The van der Waals surface area contributed by atoms with Crippen molar-refractivity contribution in [3.05, 3.63) is 74.2 Å². The molecule has 0 aromatic heterocycles. The van der Waals surface area contributed by atoms with Gasteiger partial charge in [0.05, 0.1) is 21.0 Å². The molecule has 2 aromatic carbocycles. The maximum atomic E-state index is 13.6. The largest absolute Gasteiger partial charge is 0.405 e. The molecular weight excluding hydrogens is 543 g/mol. The molecule has 1 amide bonds. The van der Waals surface area contributed by atoms with Gasteiger partial charge in [-0.15, -0.1) is 0 Å². The Morgan fingerprint density at radius 3 is 2.00 bits per heavy atom. The number of halogens is 9. The molecule has 2 rings (SSSR count). The minimum Gasteiger partial charge on any atom is -0.347 e. The molecule has 3 nitrogen and oxygen atoms in total. The van der Waals surface area contributed by atoms with Gasteiger partial charge in [-0.3, -0.25) is 9.59 Å². The number of allylic oxidation sites excluding steroid dienone is 1. The minimum atomic E-state index is -4.66. The quantitative estimate of drug-likeness (QED) is 0.203. The number of Topliss-reactive ketones (excluding diaryl/α,β-unsaturated/α-hetero) is 1. The zero-order valence-electron chi connectivity index (χ0n) is 17.9. The summed E-state index contributed by atoms with van der Waals surface area (Å²) in [6, 6.07) is 7.64. The van der Waals surface area contributed by atoms with Crippen LogP contribution in [0.15, 0.2) is 42.5 Å². The molecule has 0 spiro atoms. The lowest BCUT2D eigenvalue weighted by molar-refractivity contribution is -0.140. The summed E-state index contributed by atoms with van der Waals surface area (Å²) in [6.45, 7) is -0.188. The molecule has 0 saturated heterocycles. The van der Waals surface area contributed by atoms with E-state index in [4.69, 9.17) is 34.8 Å². The van der Waals surface area contributed by atoms with Gasteiger partial charge >= 0.3 is 12.4 Å². The Morgan fingerprint density at radius 2 is 1.51 bits per heavy atom. The first-order chi connectivity index (χ1) is 16.1. The summed E-state index contributed by atoms with van der Waals surface area (Å²) in [6.07, 6.45) is -7.46. The number of ketones is 1. The van der Waals surface area contributed by atoms with E-state index in [1.807, 2.05) is 0 Å². The molecule has 12 heteroatoms. The number of hydrogen-bond acceptors (Lipinski definition) is 2. The molecule has 190 valence electrons. The summed E-state index contributed by atoms with van der Waals surface area (Å²) < 4.78 is 77.5. The molecule has 2 atom stereocenters. The Balaban J connectivity index is 2.11. The second-order valence-electron chi connectivity index (χ2n) is 7.66. The van der Waals surface area contributed by atoms with E-state index >= 15 is 0 Å². The normalized spacial score (nSPS) is 14.1. The number of alkyl halides is 6. The van der Waals surface area contributed by atoms with Crippen molar-refractivity contribution in [3.8, 4) is 0 Å². The molecule has 0 radical (unpaired) electrons. The van der Waals surface area contributed by atoms with Gasteiger partial charge in [0.15, 0.2) is 5.78 Å². The predicted octanol–water partition coefficient (Wildman–Crippen LogP) is 7.89. The topological polar surface area (TPSA) is 46.2 Å². The summed E-state index contributed by atoms with van der Waals surface area (Å²) in [4.78, 5) is 24.1. The molecule has 0 aliphatic carbocycles. The second kappa shape index (κ2) is 11.7. The first-order valence-electron chi connectivity index (χ1n) is 9.95. The van der Waals surface area contributed by atoms with Crippen molar-refractivity contribution in [2.45, 2.75) is 31.6 Å². The first kappa shape index (κ1) is 29.0. The van der Waals surface area contributed by atoms with Gasteiger partial charge in [-0.25, -0.2) is 0 Å². The van der Waals surface area contributed by atoms with E-state index in [1.165, 1.54) is 37.3 Å². The van der Waals surface area contributed by atoms with Crippen LogP contribution in [-0.2, 0) is 4.79 Å². The monoisotopic (exact) mass is 559 g/mol. The molecule has 0 fully saturated rings. The number of carbonyl (C=O) groups excluding carboxylic acids is 2. The van der Waals surface area contributed by atoms with Crippen molar-refractivity contribution in [3.63, 3.8) is 0 Å². The molecule has 1 N–H and O–H groups in total. The fourth-order valence-electron chi connectivity index (χ4n) is 3.00. The minimum absolute atomic E-state index is 0.0607. The molecule has 0 heterocycles. The highest BCUT2D eigenvalue weighted by atomic mass is 35.5. The molecule has 0 aliphatic rings. The van der Waals surface area contributed by atoms with Gasteiger partial charge in [-0.2, -0.15) is 26.3 Å². The number of rotatable bonds is 8. The fourth-order valence-corrected chi connectivity index (χ4v) is 3.61.